The summed E-state index contributed by atoms with van der Waals surface area (Å²) >= 11 is 0. The highest BCUT2D eigenvalue weighted by Gasteiger charge is 2.20. The Morgan fingerprint density at radius 1 is 1.24 bits per heavy atom. The second kappa shape index (κ2) is 6.91. The lowest BCUT2D eigenvalue weighted by Crippen LogP contribution is -2.28. The van der Waals surface area contributed by atoms with Gasteiger partial charge >= 0.3 is 5.69 Å². The highest BCUT2D eigenvalue weighted by molar-refractivity contribution is 5.37. The van der Waals surface area contributed by atoms with E-state index in [0.29, 0.717) is 18.5 Å². The Labute approximate surface area is 121 Å². The summed E-state index contributed by atoms with van der Waals surface area (Å²) in [4.78, 5) is 9.78. The van der Waals surface area contributed by atoms with E-state index >= 15 is 0 Å². The maximum Gasteiger partial charge on any atom is 0.305 e. The van der Waals surface area contributed by atoms with Crippen LogP contribution in [-0.2, 0) is 6.54 Å². The molecular formula is C14H18F2N2O3. The average molecular weight is 300 g/mol. The summed E-state index contributed by atoms with van der Waals surface area (Å²) in [5, 5.41) is 23.1. The number of aliphatic hydroxyl groups is 1. The van der Waals surface area contributed by atoms with Crippen molar-refractivity contribution in [2.24, 2.45) is 5.92 Å². The van der Waals surface area contributed by atoms with E-state index in [1.54, 1.807) is 0 Å². The van der Waals surface area contributed by atoms with Crippen molar-refractivity contribution < 1.29 is 18.8 Å². The number of nitro groups is 1. The molecule has 0 radical (unpaired) electrons. The van der Waals surface area contributed by atoms with E-state index in [9.17, 15) is 24.0 Å². The Kier molecular flexibility index (Phi) is 5.19. The molecule has 0 heterocycles. The first kappa shape index (κ1) is 15.8. The Morgan fingerprint density at radius 3 is 2.52 bits per heavy atom. The molecule has 5 nitrogen and oxygen atoms in total. The number of nitro benzene ring substituents is 1. The van der Waals surface area contributed by atoms with Crippen molar-refractivity contribution >= 4 is 5.69 Å². The summed E-state index contributed by atoms with van der Waals surface area (Å²) in [5.74, 6) is -1.54. The number of hydrogen-bond acceptors (Lipinski definition) is 4. The van der Waals surface area contributed by atoms with Gasteiger partial charge in [0.1, 0.15) is 5.82 Å². The van der Waals surface area contributed by atoms with E-state index in [4.69, 9.17) is 0 Å². The van der Waals surface area contributed by atoms with Crippen molar-refractivity contribution in [3.05, 3.63) is 39.4 Å². The van der Waals surface area contributed by atoms with Gasteiger partial charge in [-0.05, 0) is 38.1 Å². The van der Waals surface area contributed by atoms with Crippen LogP contribution in [0.25, 0.3) is 0 Å². The predicted octanol–water partition coefficient (Wildman–Crippen LogP) is 2.51. The smallest absolute Gasteiger partial charge is 0.305 e. The molecule has 0 aliphatic heterocycles. The van der Waals surface area contributed by atoms with E-state index in [2.05, 4.69) is 5.32 Å². The molecule has 2 rings (SSSR count). The highest BCUT2D eigenvalue weighted by Crippen LogP contribution is 2.24. The lowest BCUT2D eigenvalue weighted by molar-refractivity contribution is -0.387. The van der Waals surface area contributed by atoms with E-state index in [1.165, 1.54) is 0 Å². The topological polar surface area (TPSA) is 75.4 Å². The van der Waals surface area contributed by atoms with Gasteiger partial charge in [0.25, 0.3) is 0 Å². The van der Waals surface area contributed by atoms with Crippen LogP contribution in [0.5, 0.6) is 0 Å². The minimum Gasteiger partial charge on any atom is -0.393 e. The minimum absolute atomic E-state index is 0.0824. The van der Waals surface area contributed by atoms with Crippen LogP contribution in [0.2, 0.25) is 0 Å². The fourth-order valence-corrected chi connectivity index (χ4v) is 2.62. The van der Waals surface area contributed by atoms with E-state index in [1.807, 2.05) is 0 Å². The molecule has 0 unspecified atom stereocenters. The third-order valence-corrected chi connectivity index (χ3v) is 3.88. The fourth-order valence-electron chi connectivity index (χ4n) is 2.62. The lowest BCUT2D eigenvalue weighted by Gasteiger charge is -2.25. The zero-order chi connectivity index (χ0) is 15.4. The van der Waals surface area contributed by atoms with E-state index in [0.717, 1.165) is 31.7 Å². The van der Waals surface area contributed by atoms with Crippen LogP contribution in [0.15, 0.2) is 12.1 Å². The lowest BCUT2D eigenvalue weighted by atomic mass is 9.87. The van der Waals surface area contributed by atoms with Crippen LogP contribution in [0.4, 0.5) is 14.5 Å². The quantitative estimate of drug-likeness (QED) is 0.647. The van der Waals surface area contributed by atoms with Crippen molar-refractivity contribution in [3.8, 4) is 0 Å². The van der Waals surface area contributed by atoms with Crippen LogP contribution < -0.4 is 5.32 Å². The van der Waals surface area contributed by atoms with Gasteiger partial charge in [0.15, 0.2) is 0 Å². The SMILES string of the molecule is O=[N+]([O-])c1cc(CNCC2CCC(O)CC2)c(F)cc1F. The number of rotatable bonds is 5. The molecule has 0 spiro atoms. The number of nitrogens with one attached hydrogen (secondary N) is 1. The van der Waals surface area contributed by atoms with Crippen molar-refractivity contribution in [2.75, 3.05) is 6.54 Å². The first-order valence-corrected chi connectivity index (χ1v) is 6.98. The van der Waals surface area contributed by atoms with Crippen molar-refractivity contribution in [1.82, 2.24) is 5.32 Å². The maximum atomic E-state index is 13.6. The molecule has 1 saturated carbocycles. The molecule has 21 heavy (non-hydrogen) atoms. The molecule has 0 bridgehead atoms. The van der Waals surface area contributed by atoms with Gasteiger partial charge in [-0.25, -0.2) is 4.39 Å². The van der Waals surface area contributed by atoms with Gasteiger partial charge in [-0.2, -0.15) is 4.39 Å². The molecule has 7 heteroatoms. The first-order chi connectivity index (χ1) is 9.97. The monoisotopic (exact) mass is 300 g/mol. The minimum atomic E-state index is -1.16. The third kappa shape index (κ3) is 4.18. The second-order valence-electron chi connectivity index (χ2n) is 5.46. The van der Waals surface area contributed by atoms with Gasteiger partial charge in [0.2, 0.25) is 5.82 Å². The van der Waals surface area contributed by atoms with Crippen molar-refractivity contribution in [3.63, 3.8) is 0 Å². The van der Waals surface area contributed by atoms with Gasteiger partial charge in [0, 0.05) is 24.2 Å². The predicted molar refractivity (Wildman–Crippen MR) is 72.7 cm³/mol. The molecule has 116 valence electrons. The fraction of sp³-hybridized carbons (Fsp3) is 0.571. The Hall–Kier alpha value is -1.60. The Bertz CT molecular complexity index is 517. The van der Waals surface area contributed by atoms with Gasteiger partial charge in [-0.3, -0.25) is 10.1 Å². The van der Waals surface area contributed by atoms with Crippen LogP contribution in [0.1, 0.15) is 31.2 Å². The summed E-state index contributed by atoms with van der Waals surface area (Å²) < 4.78 is 26.8. The third-order valence-electron chi connectivity index (χ3n) is 3.88. The molecule has 1 aromatic carbocycles. The molecular weight excluding hydrogens is 282 g/mol. The summed E-state index contributed by atoms with van der Waals surface area (Å²) in [6.07, 6.45) is 3.12. The van der Waals surface area contributed by atoms with E-state index in [-0.39, 0.29) is 18.2 Å². The molecule has 2 N–H and O–H groups in total. The van der Waals surface area contributed by atoms with Crippen molar-refractivity contribution in [2.45, 2.75) is 38.3 Å². The molecule has 0 saturated heterocycles. The number of halogens is 2. The molecule has 1 aliphatic rings. The molecule has 1 aliphatic carbocycles. The standard InChI is InChI=1S/C14H18F2N2O3/c15-12-6-13(16)14(18(20)21)5-10(12)8-17-7-9-1-3-11(19)4-2-9/h5-6,9,11,17,19H,1-4,7-8H2. The molecule has 1 aromatic rings. The largest absolute Gasteiger partial charge is 0.393 e. The van der Waals surface area contributed by atoms with Gasteiger partial charge in [-0.15, -0.1) is 0 Å². The zero-order valence-corrected chi connectivity index (χ0v) is 11.5. The van der Waals surface area contributed by atoms with Crippen LogP contribution in [0.3, 0.4) is 0 Å². The molecule has 0 aromatic heterocycles. The number of benzene rings is 1. The summed E-state index contributed by atoms with van der Waals surface area (Å²) in [7, 11) is 0. The summed E-state index contributed by atoms with van der Waals surface area (Å²) in [5.41, 5.74) is -0.632. The van der Waals surface area contributed by atoms with Crippen LogP contribution >= 0.6 is 0 Å². The maximum absolute atomic E-state index is 13.6. The van der Waals surface area contributed by atoms with Crippen molar-refractivity contribution in [1.29, 1.82) is 0 Å². The number of aliphatic hydroxyl groups excluding tert-OH is 1. The highest BCUT2D eigenvalue weighted by atomic mass is 19.1. The number of hydrogen-bond donors (Lipinski definition) is 2. The Balaban J connectivity index is 1.91. The van der Waals surface area contributed by atoms with Crippen LogP contribution in [0, 0.1) is 27.7 Å². The van der Waals surface area contributed by atoms with Gasteiger partial charge in [-0.1, -0.05) is 0 Å². The van der Waals surface area contributed by atoms with E-state index < -0.39 is 22.2 Å². The normalized spacial score (nSPS) is 22.2. The molecule has 0 atom stereocenters. The van der Waals surface area contributed by atoms with Gasteiger partial charge < -0.3 is 10.4 Å². The van der Waals surface area contributed by atoms with Gasteiger partial charge in [0.05, 0.1) is 11.0 Å². The van der Waals surface area contributed by atoms with Crippen LogP contribution in [-0.4, -0.2) is 22.7 Å². The summed E-state index contributed by atoms with van der Waals surface area (Å²) in [6.45, 7) is 0.767. The average Bonchev–Trinajstić information content (AvgIpc) is 2.43. The second-order valence-corrected chi connectivity index (χ2v) is 5.46. The number of nitrogens with zero attached hydrogens (tertiary/aromatic N) is 1. The first-order valence-electron chi connectivity index (χ1n) is 6.98. The Morgan fingerprint density at radius 2 is 1.90 bits per heavy atom. The molecule has 1 fully saturated rings. The molecule has 0 amide bonds. The summed E-state index contributed by atoms with van der Waals surface area (Å²) in [6, 6.07) is 1.48. The zero-order valence-electron chi connectivity index (χ0n) is 11.5.